The van der Waals surface area contributed by atoms with Crippen LogP contribution in [0.3, 0.4) is 0 Å². The van der Waals surface area contributed by atoms with Crippen molar-refractivity contribution in [1.29, 1.82) is 0 Å². The number of carbonyl (C=O) groups excluding carboxylic acids is 1. The molecule has 0 saturated carbocycles. The van der Waals surface area contributed by atoms with Crippen molar-refractivity contribution in [3.8, 4) is 5.75 Å². The topological polar surface area (TPSA) is 26.3 Å². The van der Waals surface area contributed by atoms with Crippen molar-refractivity contribution < 1.29 is 13.9 Å². The monoisotopic (exact) mass is 246 g/mol. The number of halogens is 2. The van der Waals surface area contributed by atoms with E-state index in [4.69, 9.17) is 4.74 Å². The van der Waals surface area contributed by atoms with E-state index in [-0.39, 0.29) is 11.3 Å². The van der Waals surface area contributed by atoms with Crippen LogP contribution in [-0.4, -0.2) is 12.9 Å². The third kappa shape index (κ3) is 2.06. The molecule has 0 aliphatic rings. The lowest BCUT2D eigenvalue weighted by atomic mass is 10.1. The molecule has 1 aromatic rings. The molecule has 1 rings (SSSR count). The molecule has 0 atom stereocenters. The molecule has 13 heavy (non-hydrogen) atoms. The summed E-state index contributed by atoms with van der Waals surface area (Å²) in [4.78, 5) is 11.0. The van der Waals surface area contributed by atoms with Gasteiger partial charge in [0.2, 0.25) is 0 Å². The highest BCUT2D eigenvalue weighted by Crippen LogP contribution is 2.26. The maximum absolute atomic E-state index is 13.2. The maximum Gasteiger partial charge on any atom is 0.163 e. The van der Waals surface area contributed by atoms with Crippen LogP contribution in [0.25, 0.3) is 0 Å². The molecule has 0 spiro atoms. The molecular formula is C9H8BrFO2. The molecule has 0 saturated heterocycles. The molecule has 0 radical (unpaired) electrons. The number of carbonyl (C=O) groups is 1. The first-order chi connectivity index (χ1) is 6.06. The summed E-state index contributed by atoms with van der Waals surface area (Å²) < 4.78 is 18.5. The van der Waals surface area contributed by atoms with Crippen molar-refractivity contribution in [3.05, 3.63) is 28.0 Å². The summed E-state index contributed by atoms with van der Waals surface area (Å²) in [5.74, 6) is -0.500. The number of hydrogen-bond acceptors (Lipinski definition) is 2. The van der Waals surface area contributed by atoms with E-state index in [1.807, 2.05) is 0 Å². The van der Waals surface area contributed by atoms with E-state index in [0.29, 0.717) is 10.2 Å². The SMILES string of the molecule is COc1cc(F)c(C(C)=O)c(Br)c1. The number of hydrogen-bond donors (Lipinski definition) is 0. The predicted molar refractivity (Wildman–Crippen MR) is 50.7 cm³/mol. The second-order valence-electron chi connectivity index (χ2n) is 2.52. The molecule has 70 valence electrons. The lowest BCUT2D eigenvalue weighted by Gasteiger charge is -2.05. The molecule has 4 heteroatoms. The Morgan fingerprint density at radius 3 is 2.54 bits per heavy atom. The summed E-state index contributed by atoms with van der Waals surface area (Å²) in [6.07, 6.45) is 0. The van der Waals surface area contributed by atoms with E-state index in [2.05, 4.69) is 15.9 Å². The summed E-state index contributed by atoms with van der Waals surface area (Å²) >= 11 is 3.10. The van der Waals surface area contributed by atoms with Gasteiger partial charge in [-0.05, 0) is 28.9 Å². The lowest BCUT2D eigenvalue weighted by molar-refractivity contribution is 0.101. The number of Topliss-reactive ketones (excluding diaryl/α,β-unsaturated/α-hetero) is 1. The van der Waals surface area contributed by atoms with Gasteiger partial charge in [0.15, 0.2) is 5.78 Å². The summed E-state index contributed by atoms with van der Waals surface area (Å²) in [6.45, 7) is 1.32. The van der Waals surface area contributed by atoms with Crippen LogP contribution < -0.4 is 4.74 Å². The first kappa shape index (κ1) is 10.2. The van der Waals surface area contributed by atoms with Gasteiger partial charge in [0.05, 0.1) is 12.7 Å². The normalized spacial score (nSPS) is 9.85. The van der Waals surface area contributed by atoms with Crippen LogP contribution in [0.2, 0.25) is 0 Å². The molecule has 1 aromatic carbocycles. The van der Waals surface area contributed by atoms with Crippen molar-refractivity contribution in [1.82, 2.24) is 0 Å². The fourth-order valence-corrected chi connectivity index (χ4v) is 1.70. The molecule has 0 N–H and O–H groups in total. The average Bonchev–Trinajstić information content (AvgIpc) is 2.02. The molecule has 2 nitrogen and oxygen atoms in total. The largest absolute Gasteiger partial charge is 0.497 e. The van der Waals surface area contributed by atoms with Gasteiger partial charge >= 0.3 is 0 Å². The van der Waals surface area contributed by atoms with Crippen molar-refractivity contribution in [2.45, 2.75) is 6.92 Å². The smallest absolute Gasteiger partial charge is 0.163 e. The van der Waals surface area contributed by atoms with Crippen molar-refractivity contribution in [3.63, 3.8) is 0 Å². The minimum atomic E-state index is -0.571. The Kier molecular flexibility index (Phi) is 3.03. The van der Waals surface area contributed by atoms with E-state index in [1.165, 1.54) is 20.1 Å². The minimum Gasteiger partial charge on any atom is -0.497 e. The highest BCUT2D eigenvalue weighted by Gasteiger charge is 2.13. The Hall–Kier alpha value is -0.900. The van der Waals surface area contributed by atoms with Crippen LogP contribution >= 0.6 is 15.9 Å². The molecule has 0 heterocycles. The second kappa shape index (κ2) is 3.87. The van der Waals surface area contributed by atoms with Gasteiger partial charge in [0.25, 0.3) is 0 Å². The molecule has 0 unspecified atom stereocenters. The van der Waals surface area contributed by atoms with Gasteiger partial charge in [0, 0.05) is 10.5 Å². The van der Waals surface area contributed by atoms with Crippen molar-refractivity contribution in [2.75, 3.05) is 7.11 Å². The molecule has 0 amide bonds. The van der Waals surface area contributed by atoms with Crippen molar-refractivity contribution in [2.24, 2.45) is 0 Å². The van der Waals surface area contributed by atoms with Crippen LogP contribution in [0.1, 0.15) is 17.3 Å². The van der Waals surface area contributed by atoms with Gasteiger partial charge in [0.1, 0.15) is 11.6 Å². The van der Waals surface area contributed by atoms with E-state index in [1.54, 1.807) is 6.07 Å². The first-order valence-electron chi connectivity index (χ1n) is 3.60. The zero-order chi connectivity index (χ0) is 10.0. The number of ether oxygens (including phenoxy) is 1. The highest BCUT2D eigenvalue weighted by molar-refractivity contribution is 9.10. The summed E-state index contributed by atoms with van der Waals surface area (Å²) in [7, 11) is 1.44. The fraction of sp³-hybridized carbons (Fsp3) is 0.222. The van der Waals surface area contributed by atoms with Crippen LogP contribution in [0, 0.1) is 5.82 Å². The van der Waals surface area contributed by atoms with Crippen LogP contribution in [0.15, 0.2) is 16.6 Å². The van der Waals surface area contributed by atoms with Crippen molar-refractivity contribution >= 4 is 21.7 Å². The van der Waals surface area contributed by atoms with E-state index < -0.39 is 5.82 Å². The zero-order valence-corrected chi connectivity index (χ0v) is 8.81. The van der Waals surface area contributed by atoms with Gasteiger partial charge in [-0.25, -0.2) is 4.39 Å². The standard InChI is InChI=1S/C9H8BrFO2/c1-5(12)9-7(10)3-6(13-2)4-8(9)11/h3-4H,1-2H3. The van der Waals surface area contributed by atoms with E-state index in [0.717, 1.165) is 0 Å². The maximum atomic E-state index is 13.2. The third-order valence-electron chi connectivity index (χ3n) is 1.60. The van der Waals surface area contributed by atoms with Gasteiger partial charge < -0.3 is 4.74 Å². The highest BCUT2D eigenvalue weighted by atomic mass is 79.9. The van der Waals surface area contributed by atoms with E-state index in [9.17, 15) is 9.18 Å². The molecule has 0 aliphatic carbocycles. The quantitative estimate of drug-likeness (QED) is 0.751. The fourth-order valence-electron chi connectivity index (χ4n) is 1.00. The van der Waals surface area contributed by atoms with Gasteiger partial charge in [-0.1, -0.05) is 0 Å². The Morgan fingerprint density at radius 2 is 2.15 bits per heavy atom. The predicted octanol–water partition coefficient (Wildman–Crippen LogP) is 2.80. The lowest BCUT2D eigenvalue weighted by Crippen LogP contribution is -1.99. The minimum absolute atomic E-state index is 0.0563. The molecular weight excluding hydrogens is 239 g/mol. The Balaban J connectivity index is 3.31. The van der Waals surface area contributed by atoms with Crippen LogP contribution in [-0.2, 0) is 0 Å². The number of benzene rings is 1. The number of ketones is 1. The molecule has 0 bridgehead atoms. The van der Waals surface area contributed by atoms with Gasteiger partial charge in [-0.3, -0.25) is 4.79 Å². The van der Waals surface area contributed by atoms with Gasteiger partial charge in [-0.2, -0.15) is 0 Å². The summed E-state index contributed by atoms with van der Waals surface area (Å²) in [5, 5.41) is 0. The van der Waals surface area contributed by atoms with Gasteiger partial charge in [-0.15, -0.1) is 0 Å². The molecule has 0 aliphatic heterocycles. The Bertz CT molecular complexity index is 326. The number of methoxy groups -OCH3 is 1. The molecule has 0 fully saturated rings. The third-order valence-corrected chi connectivity index (χ3v) is 2.23. The summed E-state index contributed by atoms with van der Waals surface area (Å²) in [6, 6.07) is 2.74. The summed E-state index contributed by atoms with van der Waals surface area (Å²) in [5.41, 5.74) is 0.0563. The Morgan fingerprint density at radius 1 is 1.54 bits per heavy atom. The Labute approximate surface area is 83.8 Å². The zero-order valence-electron chi connectivity index (χ0n) is 7.23. The number of rotatable bonds is 2. The first-order valence-corrected chi connectivity index (χ1v) is 4.39. The average molecular weight is 247 g/mol. The second-order valence-corrected chi connectivity index (χ2v) is 3.38. The van der Waals surface area contributed by atoms with E-state index >= 15 is 0 Å². The van der Waals surface area contributed by atoms with Crippen LogP contribution in [0.5, 0.6) is 5.75 Å². The van der Waals surface area contributed by atoms with Crippen LogP contribution in [0.4, 0.5) is 4.39 Å². The molecule has 0 aromatic heterocycles.